The third-order valence-corrected chi connectivity index (χ3v) is 4.74. The zero-order valence-corrected chi connectivity index (χ0v) is 13.4. The molecule has 22 heavy (non-hydrogen) atoms. The molecule has 0 amide bonds. The molecular weight excluding hydrogens is 276 g/mol. The van der Waals surface area contributed by atoms with Crippen LogP contribution in [0.5, 0.6) is 5.88 Å². The molecule has 0 saturated heterocycles. The number of fused-ring (bicyclic) bond motifs is 3. The quantitative estimate of drug-likeness (QED) is 0.795. The molecule has 1 aliphatic rings. The molecule has 5 heteroatoms. The number of H-pyrrole nitrogens is 1. The molecule has 3 heterocycles. The van der Waals surface area contributed by atoms with Crippen LogP contribution >= 0.6 is 0 Å². The molecule has 0 radical (unpaired) electrons. The Kier molecular flexibility index (Phi) is 3.10. The molecule has 5 nitrogen and oxygen atoms in total. The summed E-state index contributed by atoms with van der Waals surface area (Å²) < 4.78 is 8.02. The Bertz CT molecular complexity index is 832. The Morgan fingerprint density at radius 2 is 2.27 bits per heavy atom. The molecule has 1 aliphatic carbocycles. The first-order chi connectivity index (χ1) is 10.7. The Hall–Kier alpha value is -2.04. The van der Waals surface area contributed by atoms with Gasteiger partial charge in [-0.15, -0.1) is 0 Å². The number of ether oxygens (including phenoxy) is 1. The summed E-state index contributed by atoms with van der Waals surface area (Å²) in [5, 5.41) is 1.02. The van der Waals surface area contributed by atoms with Crippen LogP contribution in [0.15, 0.2) is 12.4 Å². The van der Waals surface area contributed by atoms with E-state index in [1.165, 1.54) is 19.3 Å². The third kappa shape index (κ3) is 1.99. The van der Waals surface area contributed by atoms with E-state index in [1.807, 2.05) is 13.3 Å². The maximum Gasteiger partial charge on any atom is 0.225 e. The van der Waals surface area contributed by atoms with Crippen LogP contribution in [-0.2, 0) is 0 Å². The Morgan fingerprint density at radius 3 is 3.00 bits per heavy atom. The van der Waals surface area contributed by atoms with Gasteiger partial charge in [0.25, 0.3) is 0 Å². The number of rotatable bonds is 3. The normalized spacial score (nSPS) is 22.0. The molecule has 1 N–H and O–H groups in total. The van der Waals surface area contributed by atoms with Crippen LogP contribution in [0.3, 0.4) is 0 Å². The number of imidazole rings is 1. The van der Waals surface area contributed by atoms with E-state index in [0.29, 0.717) is 18.5 Å². The number of aryl methyl sites for hydroxylation is 1. The summed E-state index contributed by atoms with van der Waals surface area (Å²) in [5.74, 6) is 1.49. The first-order valence-corrected chi connectivity index (χ1v) is 8.16. The van der Waals surface area contributed by atoms with Crippen LogP contribution in [-0.4, -0.2) is 26.1 Å². The smallest absolute Gasteiger partial charge is 0.225 e. The average molecular weight is 298 g/mol. The lowest BCUT2D eigenvalue weighted by Gasteiger charge is -2.13. The van der Waals surface area contributed by atoms with Crippen molar-refractivity contribution in [3.8, 4) is 5.88 Å². The number of hydrogen-bond donors (Lipinski definition) is 1. The summed E-state index contributed by atoms with van der Waals surface area (Å²) in [6.45, 7) is 6.99. The minimum Gasteiger partial charge on any atom is -0.477 e. The molecule has 0 spiro atoms. The van der Waals surface area contributed by atoms with Gasteiger partial charge in [-0.05, 0) is 45.1 Å². The largest absolute Gasteiger partial charge is 0.477 e. The molecule has 2 atom stereocenters. The van der Waals surface area contributed by atoms with E-state index >= 15 is 0 Å². The minimum absolute atomic E-state index is 0.510. The summed E-state index contributed by atoms with van der Waals surface area (Å²) in [5.41, 5.74) is 4.04. The van der Waals surface area contributed by atoms with Gasteiger partial charge in [-0.3, -0.25) is 0 Å². The van der Waals surface area contributed by atoms with Gasteiger partial charge < -0.3 is 14.3 Å². The van der Waals surface area contributed by atoms with Gasteiger partial charge in [0.1, 0.15) is 5.52 Å². The molecule has 3 aromatic heterocycles. The van der Waals surface area contributed by atoms with E-state index in [9.17, 15) is 0 Å². The topological polar surface area (TPSA) is 55.7 Å². The highest BCUT2D eigenvalue weighted by Crippen LogP contribution is 2.37. The Balaban J connectivity index is 1.94. The predicted octanol–water partition coefficient (Wildman–Crippen LogP) is 3.98. The number of nitrogens with one attached hydrogen (secondary N) is 1. The second-order valence-electron chi connectivity index (χ2n) is 6.49. The Morgan fingerprint density at radius 1 is 1.41 bits per heavy atom. The SMILES string of the molecule is CCOc1nc2c(ncn2C2CCC(C)C2)c2[nH]c(C)cc12. The van der Waals surface area contributed by atoms with E-state index in [0.717, 1.165) is 33.7 Å². The van der Waals surface area contributed by atoms with Crippen molar-refractivity contribution in [3.05, 3.63) is 18.1 Å². The highest BCUT2D eigenvalue weighted by molar-refractivity contribution is 6.03. The van der Waals surface area contributed by atoms with Crippen LogP contribution in [0, 0.1) is 12.8 Å². The number of hydrogen-bond acceptors (Lipinski definition) is 3. The zero-order valence-electron chi connectivity index (χ0n) is 13.4. The highest BCUT2D eigenvalue weighted by atomic mass is 16.5. The monoisotopic (exact) mass is 298 g/mol. The van der Waals surface area contributed by atoms with Crippen LogP contribution in [0.25, 0.3) is 22.1 Å². The number of nitrogens with zero attached hydrogens (tertiary/aromatic N) is 3. The fourth-order valence-electron chi connectivity index (χ4n) is 3.69. The molecule has 1 saturated carbocycles. The molecule has 116 valence electrons. The minimum atomic E-state index is 0.510. The molecule has 3 aromatic rings. The summed E-state index contributed by atoms with van der Waals surface area (Å²) in [4.78, 5) is 12.9. The van der Waals surface area contributed by atoms with Gasteiger partial charge in [0.15, 0.2) is 5.65 Å². The molecule has 0 aromatic carbocycles. The molecule has 2 unspecified atom stereocenters. The molecule has 4 rings (SSSR count). The van der Waals surface area contributed by atoms with Crippen molar-refractivity contribution < 1.29 is 4.74 Å². The van der Waals surface area contributed by atoms with Crippen molar-refractivity contribution in [2.45, 2.75) is 46.1 Å². The second-order valence-corrected chi connectivity index (χ2v) is 6.49. The van der Waals surface area contributed by atoms with Crippen molar-refractivity contribution in [1.82, 2.24) is 19.5 Å². The van der Waals surface area contributed by atoms with Crippen LogP contribution in [0.4, 0.5) is 0 Å². The maximum absolute atomic E-state index is 5.78. The lowest BCUT2D eigenvalue weighted by Crippen LogP contribution is -2.05. The summed E-state index contributed by atoms with van der Waals surface area (Å²) in [6, 6.07) is 2.60. The van der Waals surface area contributed by atoms with Gasteiger partial charge in [-0.25, -0.2) is 4.98 Å². The predicted molar refractivity (Wildman–Crippen MR) is 87.3 cm³/mol. The first-order valence-electron chi connectivity index (χ1n) is 8.16. The highest BCUT2D eigenvalue weighted by Gasteiger charge is 2.25. The average Bonchev–Trinajstić information content (AvgIpc) is 3.16. The summed E-state index contributed by atoms with van der Waals surface area (Å²) >= 11 is 0. The molecule has 0 aliphatic heterocycles. The van der Waals surface area contributed by atoms with Crippen LogP contribution < -0.4 is 4.74 Å². The first kappa shape index (κ1) is 13.6. The van der Waals surface area contributed by atoms with E-state index in [1.54, 1.807) is 0 Å². The van der Waals surface area contributed by atoms with Crippen molar-refractivity contribution in [2.24, 2.45) is 5.92 Å². The van der Waals surface area contributed by atoms with Gasteiger partial charge in [0, 0.05) is 11.7 Å². The fraction of sp³-hybridized carbons (Fsp3) is 0.529. The van der Waals surface area contributed by atoms with E-state index in [4.69, 9.17) is 9.72 Å². The van der Waals surface area contributed by atoms with E-state index in [-0.39, 0.29) is 0 Å². The van der Waals surface area contributed by atoms with Crippen molar-refractivity contribution in [3.63, 3.8) is 0 Å². The second kappa shape index (κ2) is 5.00. The zero-order chi connectivity index (χ0) is 15.3. The van der Waals surface area contributed by atoms with Gasteiger partial charge in [-0.2, -0.15) is 4.98 Å². The van der Waals surface area contributed by atoms with Crippen LogP contribution in [0.1, 0.15) is 44.8 Å². The van der Waals surface area contributed by atoms with Crippen LogP contribution in [0.2, 0.25) is 0 Å². The third-order valence-electron chi connectivity index (χ3n) is 4.74. The van der Waals surface area contributed by atoms with E-state index in [2.05, 4.69) is 34.4 Å². The number of aromatic nitrogens is 4. The van der Waals surface area contributed by atoms with Gasteiger partial charge in [0.2, 0.25) is 5.88 Å². The van der Waals surface area contributed by atoms with E-state index < -0.39 is 0 Å². The standard InChI is InChI=1S/C17H22N4O/c1-4-22-17-13-8-11(3)19-14(13)15-16(20-17)21(9-18-15)12-6-5-10(2)7-12/h8-10,12,19H,4-7H2,1-3H3. The van der Waals surface area contributed by atoms with Gasteiger partial charge in [0.05, 0.1) is 23.8 Å². The van der Waals surface area contributed by atoms with Crippen molar-refractivity contribution >= 4 is 22.1 Å². The van der Waals surface area contributed by atoms with Gasteiger partial charge >= 0.3 is 0 Å². The lowest BCUT2D eigenvalue weighted by molar-refractivity contribution is 0.332. The summed E-state index contributed by atoms with van der Waals surface area (Å²) in [6.07, 6.45) is 5.65. The Labute approximate surface area is 129 Å². The number of aromatic amines is 1. The number of pyridine rings is 1. The van der Waals surface area contributed by atoms with Crippen molar-refractivity contribution in [1.29, 1.82) is 0 Å². The fourth-order valence-corrected chi connectivity index (χ4v) is 3.69. The summed E-state index contributed by atoms with van der Waals surface area (Å²) in [7, 11) is 0. The van der Waals surface area contributed by atoms with Crippen molar-refractivity contribution in [2.75, 3.05) is 6.61 Å². The molecular formula is C17H22N4O. The maximum atomic E-state index is 5.78. The molecule has 0 bridgehead atoms. The van der Waals surface area contributed by atoms with Gasteiger partial charge in [-0.1, -0.05) is 6.92 Å². The molecule has 1 fully saturated rings. The lowest BCUT2D eigenvalue weighted by atomic mass is 10.1.